The normalized spacial score (nSPS) is 10.4. The van der Waals surface area contributed by atoms with Crippen molar-refractivity contribution in [3.63, 3.8) is 0 Å². The Morgan fingerprint density at radius 1 is 1.20 bits per heavy atom. The van der Waals surface area contributed by atoms with Crippen molar-refractivity contribution in [3.8, 4) is 17.6 Å². The van der Waals surface area contributed by atoms with Crippen LogP contribution in [0.15, 0.2) is 36.4 Å². The molecule has 0 aromatic heterocycles. The van der Waals surface area contributed by atoms with Gasteiger partial charge in [0.25, 0.3) is 0 Å². The minimum Gasteiger partial charge on any atom is -0.508 e. The van der Waals surface area contributed by atoms with Gasteiger partial charge in [-0.25, -0.2) is 9.59 Å². The molecule has 0 aliphatic rings. The largest absolute Gasteiger partial charge is 0.508 e. The zero-order valence-corrected chi connectivity index (χ0v) is 13.6. The van der Waals surface area contributed by atoms with E-state index in [-0.39, 0.29) is 22.6 Å². The van der Waals surface area contributed by atoms with Crippen molar-refractivity contribution >= 4 is 18.0 Å². The van der Waals surface area contributed by atoms with E-state index in [2.05, 4.69) is 0 Å². The van der Waals surface area contributed by atoms with Gasteiger partial charge in [0.05, 0.1) is 17.2 Å². The Hall–Kier alpha value is -3.59. The Morgan fingerprint density at radius 2 is 1.92 bits per heavy atom. The molecule has 126 valence electrons. The smallest absolute Gasteiger partial charge is 0.336 e. The molecular weight excluding hydrogens is 322 g/mol. The number of carbonyl (C=O) groups is 2. The summed E-state index contributed by atoms with van der Waals surface area (Å²) in [5.74, 6) is -1.69. The SMILES string of the molecule is Cc1cc(OC(=O)/C=C/c2ccc(O)cc2C#N)c(C)c(C(=O)O)c1. The molecule has 0 heterocycles. The number of esters is 1. The Labute approximate surface area is 144 Å². The minimum atomic E-state index is -1.10. The third-order valence-corrected chi connectivity index (χ3v) is 3.50. The Bertz CT molecular complexity index is 922. The minimum absolute atomic E-state index is 0.0483. The van der Waals surface area contributed by atoms with Crippen LogP contribution in [0.2, 0.25) is 0 Å². The van der Waals surface area contributed by atoms with Crippen LogP contribution in [0, 0.1) is 25.2 Å². The lowest BCUT2D eigenvalue weighted by Crippen LogP contribution is -2.08. The number of carboxylic acids is 1. The van der Waals surface area contributed by atoms with Crippen LogP contribution >= 0.6 is 0 Å². The van der Waals surface area contributed by atoms with Gasteiger partial charge in [-0.2, -0.15) is 5.26 Å². The number of nitriles is 1. The van der Waals surface area contributed by atoms with Gasteiger partial charge >= 0.3 is 11.9 Å². The van der Waals surface area contributed by atoms with Gasteiger partial charge in [-0.1, -0.05) is 0 Å². The van der Waals surface area contributed by atoms with Crippen LogP contribution in [-0.2, 0) is 4.79 Å². The number of aromatic carboxylic acids is 1. The molecule has 0 saturated heterocycles. The van der Waals surface area contributed by atoms with E-state index in [4.69, 9.17) is 10.00 Å². The third-order valence-electron chi connectivity index (χ3n) is 3.50. The molecule has 0 aliphatic heterocycles. The molecule has 0 unspecified atom stereocenters. The van der Waals surface area contributed by atoms with Gasteiger partial charge in [0.15, 0.2) is 0 Å². The predicted octanol–water partition coefficient (Wildman–Crippen LogP) is 3.20. The number of nitrogens with zero attached hydrogens (tertiary/aromatic N) is 1. The fourth-order valence-electron chi connectivity index (χ4n) is 2.24. The standard InChI is InChI=1S/C19H15NO5/c1-11-7-16(19(23)24)12(2)17(8-11)25-18(22)6-4-13-3-5-15(21)9-14(13)10-20/h3-9,21H,1-2H3,(H,23,24)/b6-4+. The summed E-state index contributed by atoms with van der Waals surface area (Å²) in [6.07, 6.45) is 2.53. The summed E-state index contributed by atoms with van der Waals surface area (Å²) < 4.78 is 5.21. The maximum Gasteiger partial charge on any atom is 0.336 e. The first-order chi connectivity index (χ1) is 11.8. The second kappa shape index (κ2) is 7.32. The van der Waals surface area contributed by atoms with Crippen LogP contribution in [0.25, 0.3) is 6.08 Å². The first-order valence-electron chi connectivity index (χ1n) is 7.29. The van der Waals surface area contributed by atoms with Crippen LogP contribution in [0.5, 0.6) is 11.5 Å². The van der Waals surface area contributed by atoms with Crippen LogP contribution in [-0.4, -0.2) is 22.2 Å². The van der Waals surface area contributed by atoms with Gasteiger partial charge in [0, 0.05) is 11.6 Å². The molecule has 2 N–H and O–H groups in total. The van der Waals surface area contributed by atoms with Crippen LogP contribution in [0.3, 0.4) is 0 Å². The lowest BCUT2D eigenvalue weighted by molar-refractivity contribution is -0.128. The fourth-order valence-corrected chi connectivity index (χ4v) is 2.24. The van der Waals surface area contributed by atoms with E-state index < -0.39 is 11.9 Å². The average Bonchev–Trinajstić information content (AvgIpc) is 2.56. The van der Waals surface area contributed by atoms with Crippen LogP contribution in [0.1, 0.15) is 32.6 Å². The zero-order chi connectivity index (χ0) is 18.6. The number of aromatic hydroxyl groups is 1. The fraction of sp³-hybridized carbons (Fsp3) is 0.105. The quantitative estimate of drug-likeness (QED) is 0.504. The summed E-state index contributed by atoms with van der Waals surface area (Å²) in [4.78, 5) is 23.2. The summed E-state index contributed by atoms with van der Waals surface area (Å²) >= 11 is 0. The van der Waals surface area contributed by atoms with Crippen molar-refractivity contribution in [1.29, 1.82) is 5.26 Å². The molecule has 0 fully saturated rings. The van der Waals surface area contributed by atoms with Crippen molar-refractivity contribution < 1.29 is 24.5 Å². The van der Waals surface area contributed by atoms with Gasteiger partial charge < -0.3 is 14.9 Å². The highest BCUT2D eigenvalue weighted by Crippen LogP contribution is 2.24. The van der Waals surface area contributed by atoms with Crippen LogP contribution in [0.4, 0.5) is 0 Å². The predicted molar refractivity (Wildman–Crippen MR) is 90.4 cm³/mol. The molecule has 0 amide bonds. The van der Waals surface area contributed by atoms with E-state index in [9.17, 15) is 19.8 Å². The molecule has 0 spiro atoms. The average molecular weight is 337 g/mol. The Balaban J connectivity index is 2.24. The number of carbonyl (C=O) groups excluding carboxylic acids is 1. The first kappa shape index (κ1) is 17.8. The maximum atomic E-state index is 12.0. The molecule has 0 saturated carbocycles. The van der Waals surface area contributed by atoms with E-state index in [0.717, 1.165) is 6.08 Å². The van der Waals surface area contributed by atoms with Crippen LogP contribution < -0.4 is 4.74 Å². The number of phenolic OH excluding ortho intramolecular Hbond substituents is 1. The monoisotopic (exact) mass is 337 g/mol. The van der Waals surface area contributed by atoms with Crippen molar-refractivity contribution in [3.05, 3.63) is 64.2 Å². The summed E-state index contributed by atoms with van der Waals surface area (Å²) in [5, 5.41) is 27.6. The van der Waals surface area contributed by atoms with Gasteiger partial charge in [-0.15, -0.1) is 0 Å². The molecule has 2 rings (SSSR count). The number of phenols is 1. The van der Waals surface area contributed by atoms with Crippen molar-refractivity contribution in [2.45, 2.75) is 13.8 Å². The summed E-state index contributed by atoms with van der Waals surface area (Å²) in [7, 11) is 0. The lowest BCUT2D eigenvalue weighted by atomic mass is 10.0. The molecule has 6 heteroatoms. The second-order valence-electron chi connectivity index (χ2n) is 5.38. The molecule has 0 aliphatic carbocycles. The van der Waals surface area contributed by atoms with Crippen molar-refractivity contribution in [2.24, 2.45) is 0 Å². The molecule has 0 bridgehead atoms. The number of benzene rings is 2. The highest BCUT2D eigenvalue weighted by molar-refractivity contribution is 5.92. The zero-order valence-electron chi connectivity index (χ0n) is 13.6. The first-order valence-corrected chi connectivity index (χ1v) is 7.29. The molecule has 2 aromatic rings. The van der Waals surface area contributed by atoms with Gasteiger partial charge in [0.2, 0.25) is 0 Å². The van der Waals surface area contributed by atoms with Gasteiger partial charge in [-0.3, -0.25) is 0 Å². The van der Waals surface area contributed by atoms with E-state index in [1.165, 1.54) is 30.3 Å². The molecule has 2 aromatic carbocycles. The van der Waals surface area contributed by atoms with E-state index in [0.29, 0.717) is 16.7 Å². The maximum absolute atomic E-state index is 12.0. The topological polar surface area (TPSA) is 108 Å². The number of aryl methyl sites for hydroxylation is 1. The lowest BCUT2D eigenvalue weighted by Gasteiger charge is -2.09. The Morgan fingerprint density at radius 3 is 2.56 bits per heavy atom. The Kier molecular flexibility index (Phi) is 5.20. The summed E-state index contributed by atoms with van der Waals surface area (Å²) in [6, 6.07) is 9.18. The molecule has 6 nitrogen and oxygen atoms in total. The van der Waals surface area contributed by atoms with Crippen molar-refractivity contribution in [1.82, 2.24) is 0 Å². The van der Waals surface area contributed by atoms with E-state index >= 15 is 0 Å². The number of carboxylic acid groups (broad SMARTS) is 1. The molecule has 25 heavy (non-hydrogen) atoms. The number of ether oxygens (including phenoxy) is 1. The van der Waals surface area contributed by atoms with E-state index in [1.54, 1.807) is 19.9 Å². The second-order valence-corrected chi connectivity index (χ2v) is 5.38. The summed E-state index contributed by atoms with van der Waals surface area (Å²) in [5.41, 5.74) is 1.73. The van der Waals surface area contributed by atoms with Gasteiger partial charge in [0.1, 0.15) is 11.5 Å². The van der Waals surface area contributed by atoms with Gasteiger partial charge in [-0.05, 0) is 61.4 Å². The summed E-state index contributed by atoms with van der Waals surface area (Å²) in [6.45, 7) is 3.26. The third kappa shape index (κ3) is 4.24. The van der Waals surface area contributed by atoms with Crippen molar-refractivity contribution in [2.75, 3.05) is 0 Å². The number of rotatable bonds is 4. The molecule has 0 atom stereocenters. The highest BCUT2D eigenvalue weighted by atomic mass is 16.5. The molecule has 0 radical (unpaired) electrons. The number of hydrogen-bond donors (Lipinski definition) is 2. The highest BCUT2D eigenvalue weighted by Gasteiger charge is 2.14. The van der Waals surface area contributed by atoms with E-state index in [1.807, 2.05) is 6.07 Å². The molecular formula is C19H15NO5. The number of hydrogen-bond acceptors (Lipinski definition) is 5.